The van der Waals surface area contributed by atoms with Gasteiger partial charge in [-0.15, -0.1) is 0 Å². The van der Waals surface area contributed by atoms with Crippen LogP contribution in [0.15, 0.2) is 22.7 Å². The number of amides is 2. The van der Waals surface area contributed by atoms with E-state index in [2.05, 4.69) is 10.1 Å². The van der Waals surface area contributed by atoms with Gasteiger partial charge < -0.3 is 14.0 Å². The quantitative estimate of drug-likeness (QED) is 0.730. The molecule has 1 spiro atoms. The van der Waals surface area contributed by atoms with E-state index in [4.69, 9.17) is 14.0 Å². The van der Waals surface area contributed by atoms with Crippen molar-refractivity contribution in [2.24, 2.45) is 5.41 Å². The Hall–Kier alpha value is -2.90. The van der Waals surface area contributed by atoms with Crippen LogP contribution in [0.3, 0.4) is 0 Å². The molecule has 0 bridgehead atoms. The number of nitrogens with zero attached hydrogens (tertiary/aromatic N) is 3. The van der Waals surface area contributed by atoms with Gasteiger partial charge in [-0.25, -0.2) is 0 Å². The lowest BCUT2D eigenvalue weighted by molar-refractivity contribution is -0.143. The molecule has 2 heterocycles. The summed E-state index contributed by atoms with van der Waals surface area (Å²) in [5.41, 5.74) is 0.123. The molecule has 1 saturated heterocycles. The Morgan fingerprint density at radius 1 is 1.14 bits per heavy atom. The number of aromatic nitrogens is 2. The minimum atomic E-state index is -0.516. The van der Waals surface area contributed by atoms with Crippen LogP contribution in [0.5, 0.6) is 11.5 Å². The SMILES string of the molecule is COc1ccc(-c2noc(CN3C(=O)CC4(CCCCC4)C3=O)n2)c(OC)c1. The minimum absolute atomic E-state index is 0.00485. The Bertz CT molecular complexity index is 901. The minimum Gasteiger partial charge on any atom is -0.497 e. The van der Waals surface area contributed by atoms with Crippen molar-refractivity contribution >= 4 is 11.8 Å². The average Bonchev–Trinajstić information content (AvgIpc) is 3.27. The molecule has 2 aromatic rings. The van der Waals surface area contributed by atoms with Gasteiger partial charge in [0, 0.05) is 12.5 Å². The smallest absolute Gasteiger partial charge is 0.247 e. The van der Waals surface area contributed by atoms with Gasteiger partial charge in [0.25, 0.3) is 0 Å². The number of hydrogen-bond donors (Lipinski definition) is 0. The Labute approximate surface area is 162 Å². The molecule has 1 aromatic carbocycles. The normalized spacial score (nSPS) is 18.7. The molecule has 1 aromatic heterocycles. The lowest BCUT2D eigenvalue weighted by Gasteiger charge is -2.30. The topological polar surface area (TPSA) is 94.8 Å². The first-order valence-corrected chi connectivity index (χ1v) is 9.46. The summed E-state index contributed by atoms with van der Waals surface area (Å²) in [6, 6.07) is 5.27. The van der Waals surface area contributed by atoms with E-state index in [-0.39, 0.29) is 24.2 Å². The zero-order chi connectivity index (χ0) is 19.7. The highest BCUT2D eigenvalue weighted by molar-refractivity contribution is 6.05. The second-order valence-corrected chi connectivity index (χ2v) is 7.38. The second kappa shape index (κ2) is 7.26. The average molecular weight is 385 g/mol. The first kappa shape index (κ1) is 18.5. The third-order valence-electron chi connectivity index (χ3n) is 5.71. The largest absolute Gasteiger partial charge is 0.497 e. The number of methoxy groups -OCH3 is 2. The maximum Gasteiger partial charge on any atom is 0.247 e. The summed E-state index contributed by atoms with van der Waals surface area (Å²) in [4.78, 5) is 31.1. The fourth-order valence-corrected chi connectivity index (χ4v) is 4.19. The molecule has 2 amide bonds. The van der Waals surface area contributed by atoms with Crippen LogP contribution in [0.4, 0.5) is 0 Å². The van der Waals surface area contributed by atoms with E-state index in [1.165, 1.54) is 4.90 Å². The molecular formula is C20H23N3O5. The Kier molecular flexibility index (Phi) is 4.78. The van der Waals surface area contributed by atoms with Gasteiger partial charge in [0.1, 0.15) is 18.0 Å². The van der Waals surface area contributed by atoms with Gasteiger partial charge in [-0.05, 0) is 25.0 Å². The zero-order valence-corrected chi connectivity index (χ0v) is 16.1. The highest BCUT2D eigenvalue weighted by Gasteiger charge is 2.51. The van der Waals surface area contributed by atoms with Crippen LogP contribution in [-0.2, 0) is 16.1 Å². The highest BCUT2D eigenvalue weighted by atomic mass is 16.5. The molecule has 0 N–H and O–H groups in total. The van der Waals surface area contributed by atoms with Crippen molar-refractivity contribution in [2.45, 2.75) is 45.1 Å². The molecule has 1 saturated carbocycles. The molecule has 2 fully saturated rings. The Morgan fingerprint density at radius 2 is 1.93 bits per heavy atom. The van der Waals surface area contributed by atoms with Crippen LogP contribution in [0.1, 0.15) is 44.4 Å². The van der Waals surface area contributed by atoms with Gasteiger partial charge in [-0.3, -0.25) is 14.5 Å². The van der Waals surface area contributed by atoms with Crippen LogP contribution >= 0.6 is 0 Å². The summed E-state index contributed by atoms with van der Waals surface area (Å²) in [6.45, 7) is 0.00485. The summed E-state index contributed by atoms with van der Waals surface area (Å²) in [5, 5.41) is 3.99. The summed E-state index contributed by atoms with van der Waals surface area (Å²) in [5.74, 6) is 1.49. The van der Waals surface area contributed by atoms with Gasteiger partial charge in [0.15, 0.2) is 0 Å². The molecule has 0 atom stereocenters. The number of carbonyl (C=O) groups is 2. The van der Waals surface area contributed by atoms with Crippen molar-refractivity contribution in [3.63, 3.8) is 0 Å². The molecule has 0 radical (unpaired) electrons. The molecule has 0 unspecified atom stereocenters. The molecule has 8 heteroatoms. The first-order chi connectivity index (χ1) is 13.6. The van der Waals surface area contributed by atoms with Crippen molar-refractivity contribution < 1.29 is 23.6 Å². The first-order valence-electron chi connectivity index (χ1n) is 9.46. The fourth-order valence-electron chi connectivity index (χ4n) is 4.19. The lowest BCUT2D eigenvalue weighted by Crippen LogP contribution is -2.36. The standard InChI is InChI=1S/C20H23N3O5/c1-26-13-6-7-14(15(10-13)27-2)18-21-16(28-22-18)12-23-17(24)11-20(19(23)25)8-4-3-5-9-20/h6-7,10H,3-5,8-9,11-12H2,1-2H3. The van der Waals surface area contributed by atoms with E-state index >= 15 is 0 Å². The number of ether oxygens (including phenoxy) is 2. The second-order valence-electron chi connectivity index (χ2n) is 7.38. The third kappa shape index (κ3) is 3.12. The number of likely N-dealkylation sites (tertiary alicyclic amines) is 1. The van der Waals surface area contributed by atoms with Crippen molar-refractivity contribution in [1.29, 1.82) is 0 Å². The number of imide groups is 1. The van der Waals surface area contributed by atoms with Crippen LogP contribution in [0.25, 0.3) is 11.4 Å². The predicted octanol–water partition coefficient (Wildman–Crippen LogP) is 2.96. The predicted molar refractivity (Wildman–Crippen MR) is 98.5 cm³/mol. The van der Waals surface area contributed by atoms with Gasteiger partial charge in [-0.1, -0.05) is 24.4 Å². The highest BCUT2D eigenvalue weighted by Crippen LogP contribution is 2.45. The number of carbonyl (C=O) groups excluding carboxylic acids is 2. The molecule has 2 aliphatic rings. The molecule has 148 valence electrons. The monoisotopic (exact) mass is 385 g/mol. The summed E-state index contributed by atoms with van der Waals surface area (Å²) in [7, 11) is 3.12. The molecule has 8 nitrogen and oxygen atoms in total. The van der Waals surface area contributed by atoms with Gasteiger partial charge >= 0.3 is 0 Å². The maximum atomic E-state index is 12.9. The van der Waals surface area contributed by atoms with E-state index < -0.39 is 5.41 Å². The molecule has 1 aliphatic carbocycles. The van der Waals surface area contributed by atoms with Crippen molar-refractivity contribution in [1.82, 2.24) is 15.0 Å². The van der Waals surface area contributed by atoms with Crippen LogP contribution in [-0.4, -0.2) is 41.1 Å². The van der Waals surface area contributed by atoms with Crippen LogP contribution < -0.4 is 9.47 Å². The Balaban J connectivity index is 1.54. The molecule has 4 rings (SSSR count). The van der Waals surface area contributed by atoms with Crippen molar-refractivity contribution in [3.8, 4) is 22.9 Å². The van der Waals surface area contributed by atoms with Crippen LogP contribution in [0.2, 0.25) is 0 Å². The van der Waals surface area contributed by atoms with Gasteiger partial charge in [0.05, 0.1) is 25.2 Å². The van der Waals surface area contributed by atoms with E-state index in [0.717, 1.165) is 32.1 Å². The summed E-state index contributed by atoms with van der Waals surface area (Å²) in [6.07, 6.45) is 4.97. The Morgan fingerprint density at radius 3 is 2.64 bits per heavy atom. The third-order valence-corrected chi connectivity index (χ3v) is 5.71. The molecular weight excluding hydrogens is 362 g/mol. The zero-order valence-electron chi connectivity index (χ0n) is 16.1. The molecule has 1 aliphatic heterocycles. The number of hydrogen-bond acceptors (Lipinski definition) is 7. The van der Waals surface area contributed by atoms with E-state index in [1.54, 1.807) is 32.4 Å². The van der Waals surface area contributed by atoms with Crippen LogP contribution in [0, 0.1) is 5.41 Å². The van der Waals surface area contributed by atoms with E-state index in [1.807, 2.05) is 0 Å². The van der Waals surface area contributed by atoms with Gasteiger partial charge in [0.2, 0.25) is 23.5 Å². The van der Waals surface area contributed by atoms with E-state index in [9.17, 15) is 9.59 Å². The van der Waals surface area contributed by atoms with Crippen molar-refractivity contribution in [2.75, 3.05) is 14.2 Å². The number of benzene rings is 1. The maximum absolute atomic E-state index is 12.9. The fraction of sp³-hybridized carbons (Fsp3) is 0.500. The summed E-state index contributed by atoms with van der Waals surface area (Å²) >= 11 is 0. The molecule has 28 heavy (non-hydrogen) atoms. The lowest BCUT2D eigenvalue weighted by atomic mass is 9.73. The van der Waals surface area contributed by atoms with E-state index in [0.29, 0.717) is 29.3 Å². The van der Waals surface area contributed by atoms with Gasteiger partial charge in [-0.2, -0.15) is 4.98 Å². The number of rotatable bonds is 5. The van der Waals surface area contributed by atoms with Crippen molar-refractivity contribution in [3.05, 3.63) is 24.1 Å². The summed E-state index contributed by atoms with van der Waals surface area (Å²) < 4.78 is 15.9.